The number of rotatable bonds is 28. The Bertz CT molecular complexity index is 811. The van der Waals surface area contributed by atoms with Crippen LogP contribution in [0.15, 0.2) is 0 Å². The van der Waals surface area contributed by atoms with E-state index in [-0.39, 0.29) is 0 Å². The first-order valence-corrected chi connectivity index (χ1v) is 24.8. The molecule has 0 aromatic carbocycles. The van der Waals surface area contributed by atoms with Crippen LogP contribution < -0.4 is 0 Å². The molecule has 0 aromatic heterocycles. The lowest BCUT2D eigenvalue weighted by Crippen LogP contribution is -2.38. The predicted octanol–water partition coefficient (Wildman–Crippen LogP) is 19.3. The van der Waals surface area contributed by atoms with Gasteiger partial charge in [0.2, 0.25) is 0 Å². The van der Waals surface area contributed by atoms with Gasteiger partial charge in [0, 0.05) is 0 Å². The van der Waals surface area contributed by atoms with Crippen molar-refractivity contribution in [3.63, 3.8) is 0 Å². The monoisotopic (exact) mass is 729 g/mol. The summed E-state index contributed by atoms with van der Waals surface area (Å²) in [4.78, 5) is 0. The first-order chi connectivity index (χ1) is 24.8. The zero-order valence-corrected chi connectivity index (χ0v) is 38.8. The second kappa shape index (κ2) is 28.4. The fourth-order valence-corrected chi connectivity index (χ4v) is 10.9. The van der Waals surface area contributed by atoms with Gasteiger partial charge in [-0.25, -0.2) is 0 Å². The average molecular weight is 729 g/mol. The maximum Gasteiger partial charge on any atom is -0.0272 e. The van der Waals surface area contributed by atoms with E-state index in [9.17, 15) is 0 Å². The highest BCUT2D eigenvalue weighted by Crippen LogP contribution is 2.54. The lowest BCUT2D eigenvalue weighted by Gasteiger charge is -2.48. The zero-order chi connectivity index (χ0) is 38.8. The molecule has 6 unspecified atom stereocenters. The van der Waals surface area contributed by atoms with Gasteiger partial charge in [-0.1, -0.05) is 237 Å². The summed E-state index contributed by atoms with van der Waals surface area (Å²) in [6.45, 7) is 28.0. The van der Waals surface area contributed by atoms with Crippen molar-refractivity contribution in [1.29, 1.82) is 0 Å². The molecule has 0 nitrogen and oxygen atoms in total. The van der Waals surface area contributed by atoms with Gasteiger partial charge in [-0.15, -0.1) is 0 Å². The van der Waals surface area contributed by atoms with Gasteiger partial charge in [-0.3, -0.25) is 0 Å². The van der Waals surface area contributed by atoms with Crippen molar-refractivity contribution in [2.45, 2.75) is 294 Å². The van der Waals surface area contributed by atoms with Gasteiger partial charge in [0.25, 0.3) is 0 Å². The Labute approximate surface area is 332 Å². The van der Waals surface area contributed by atoms with Crippen molar-refractivity contribution in [2.75, 3.05) is 0 Å². The van der Waals surface area contributed by atoms with Gasteiger partial charge >= 0.3 is 0 Å². The van der Waals surface area contributed by atoms with E-state index in [1.165, 1.54) is 218 Å². The molecule has 1 aliphatic carbocycles. The summed E-state index contributed by atoms with van der Waals surface area (Å²) in [6, 6.07) is 0. The Hall–Kier alpha value is 0. The summed E-state index contributed by atoms with van der Waals surface area (Å²) in [7, 11) is 0. The van der Waals surface area contributed by atoms with Crippen molar-refractivity contribution in [3.05, 3.63) is 0 Å². The Kier molecular flexibility index (Phi) is 27.3. The summed E-state index contributed by atoms with van der Waals surface area (Å²) in [6.07, 6.45) is 49.4. The fourth-order valence-electron chi connectivity index (χ4n) is 10.9. The van der Waals surface area contributed by atoms with E-state index in [4.69, 9.17) is 0 Å². The largest absolute Gasteiger partial charge is 0.0654 e. The van der Waals surface area contributed by atoms with Gasteiger partial charge in [-0.05, 0) is 97.2 Å². The van der Waals surface area contributed by atoms with E-state index >= 15 is 0 Å². The third kappa shape index (κ3) is 19.7. The van der Waals surface area contributed by atoms with Crippen LogP contribution in [-0.2, 0) is 0 Å². The smallest absolute Gasteiger partial charge is 0.0272 e. The summed E-state index contributed by atoms with van der Waals surface area (Å²) < 4.78 is 0. The van der Waals surface area contributed by atoms with Crippen LogP contribution >= 0.6 is 0 Å². The Morgan fingerprint density at radius 1 is 0.423 bits per heavy atom. The molecule has 0 N–H and O–H groups in total. The molecule has 0 aromatic rings. The molecule has 0 amide bonds. The molecule has 0 heterocycles. The molecule has 1 saturated carbocycles. The summed E-state index contributed by atoms with van der Waals surface area (Å²) >= 11 is 0. The van der Waals surface area contributed by atoms with Crippen LogP contribution in [0.25, 0.3) is 0 Å². The highest BCUT2D eigenvalue weighted by Gasteiger charge is 2.42. The molecule has 52 heavy (non-hydrogen) atoms. The second-order valence-corrected chi connectivity index (χ2v) is 21.0. The SMILES string of the molecule is CCCCCCCC(C)(CCCCCC)CCCCCCCC(C)(CCCCCC)C1(C)CCCCCCC(C)(C(C)C(C)C(C)C)CCCCC1. The minimum Gasteiger partial charge on any atom is -0.0654 e. The number of hydrogen-bond donors (Lipinski definition) is 0. The van der Waals surface area contributed by atoms with Crippen molar-refractivity contribution < 1.29 is 0 Å². The second-order valence-electron chi connectivity index (χ2n) is 21.0. The van der Waals surface area contributed by atoms with Gasteiger partial charge in [-0.2, -0.15) is 0 Å². The van der Waals surface area contributed by atoms with E-state index in [1.54, 1.807) is 0 Å². The normalized spacial score (nSPS) is 24.7. The van der Waals surface area contributed by atoms with Crippen molar-refractivity contribution in [1.82, 2.24) is 0 Å². The molecule has 0 heteroatoms. The quantitative estimate of drug-likeness (QED) is 0.0704. The molecule has 6 atom stereocenters. The predicted molar refractivity (Wildman–Crippen MR) is 240 cm³/mol. The third-order valence-electron chi connectivity index (χ3n) is 16.2. The first-order valence-electron chi connectivity index (χ1n) is 24.8. The highest BCUT2D eigenvalue weighted by molar-refractivity contribution is 4.93. The third-order valence-corrected chi connectivity index (χ3v) is 16.2. The van der Waals surface area contributed by atoms with Gasteiger partial charge in [0.15, 0.2) is 0 Å². The Balaban J connectivity index is 2.82. The standard InChI is InChI=1S/C52H104/c1-12-15-18-22-29-38-49(8,37-28-19-16-13-2)39-30-23-21-24-34-43-51(10,42-33-20-17-14-3)52(11)44-35-26-25-31-40-50(9,41-32-27-36-45-52)48(7)47(6)46(4)5/h46-48H,12-45H2,1-11H3. The summed E-state index contributed by atoms with van der Waals surface area (Å²) in [5.41, 5.74) is 2.14. The topological polar surface area (TPSA) is 0 Å². The molecule has 1 fully saturated rings. The lowest BCUT2D eigenvalue weighted by molar-refractivity contribution is 0.0207. The highest BCUT2D eigenvalue weighted by atomic mass is 14.5. The molecule has 1 aliphatic rings. The Morgan fingerprint density at radius 3 is 1.15 bits per heavy atom. The van der Waals surface area contributed by atoms with Crippen LogP contribution in [0.1, 0.15) is 294 Å². The van der Waals surface area contributed by atoms with Gasteiger partial charge < -0.3 is 0 Å². The molecule has 0 spiro atoms. The number of unbranched alkanes of at least 4 members (excludes halogenated alkanes) is 14. The molecule has 0 radical (unpaired) electrons. The number of hydrogen-bond acceptors (Lipinski definition) is 0. The van der Waals surface area contributed by atoms with Crippen LogP contribution in [-0.4, -0.2) is 0 Å². The molecule has 312 valence electrons. The minimum absolute atomic E-state index is 0.505. The van der Waals surface area contributed by atoms with E-state index in [1.807, 2.05) is 0 Å². The van der Waals surface area contributed by atoms with E-state index in [2.05, 4.69) is 76.2 Å². The molecule has 1 rings (SSSR count). The summed E-state index contributed by atoms with van der Waals surface area (Å²) in [5.74, 6) is 2.45. The van der Waals surface area contributed by atoms with Gasteiger partial charge in [0.05, 0.1) is 0 Å². The Morgan fingerprint density at radius 2 is 0.750 bits per heavy atom. The van der Waals surface area contributed by atoms with E-state index in [0.29, 0.717) is 21.7 Å². The first kappa shape index (κ1) is 50.0. The molecule has 0 aliphatic heterocycles. The zero-order valence-electron chi connectivity index (χ0n) is 38.8. The fraction of sp³-hybridized carbons (Fsp3) is 1.00. The maximum atomic E-state index is 2.79. The van der Waals surface area contributed by atoms with Crippen LogP contribution in [0, 0.1) is 39.4 Å². The van der Waals surface area contributed by atoms with Crippen LogP contribution in [0.2, 0.25) is 0 Å². The van der Waals surface area contributed by atoms with Gasteiger partial charge in [0.1, 0.15) is 0 Å². The molecule has 0 saturated heterocycles. The molecule has 0 bridgehead atoms. The average Bonchev–Trinajstić information content (AvgIpc) is 3.13. The van der Waals surface area contributed by atoms with E-state index in [0.717, 1.165) is 17.8 Å². The molecular weight excluding hydrogens is 625 g/mol. The minimum atomic E-state index is 0.505. The van der Waals surface area contributed by atoms with Crippen molar-refractivity contribution >= 4 is 0 Å². The lowest BCUT2D eigenvalue weighted by atomic mass is 9.57. The molecular formula is C52H104. The maximum absolute atomic E-state index is 2.79. The van der Waals surface area contributed by atoms with Crippen molar-refractivity contribution in [3.8, 4) is 0 Å². The van der Waals surface area contributed by atoms with Crippen LogP contribution in [0.5, 0.6) is 0 Å². The van der Waals surface area contributed by atoms with E-state index < -0.39 is 0 Å². The summed E-state index contributed by atoms with van der Waals surface area (Å²) in [5, 5.41) is 0. The van der Waals surface area contributed by atoms with Crippen LogP contribution in [0.3, 0.4) is 0 Å². The van der Waals surface area contributed by atoms with Crippen molar-refractivity contribution in [2.24, 2.45) is 39.4 Å². The van der Waals surface area contributed by atoms with Crippen LogP contribution in [0.4, 0.5) is 0 Å².